The number of hydrogen-bond donors (Lipinski definition) is 0. The zero-order valence-corrected chi connectivity index (χ0v) is 10.2. The summed E-state index contributed by atoms with van der Waals surface area (Å²) >= 11 is 1.56. The highest BCUT2D eigenvalue weighted by Gasteiger charge is 2.45. The van der Waals surface area contributed by atoms with Crippen LogP contribution in [0.15, 0.2) is 42.4 Å². The lowest BCUT2D eigenvalue weighted by molar-refractivity contribution is -0.690. The molecular formula is C12H10N2O3S. The van der Waals surface area contributed by atoms with Gasteiger partial charge in [-0.2, -0.15) is 4.57 Å². The standard InChI is InChI=1S/C12H10N2O3S/c15-9-7-11-14(9)8(12(16)17)6-10(18-11)13-4-2-1-3-5-13/h1-6,10-11H,7H2/t10?,11-/m1/s1. The van der Waals surface area contributed by atoms with Gasteiger partial charge in [-0.25, -0.2) is 0 Å². The number of hydrogen-bond acceptors (Lipinski definition) is 4. The third kappa shape index (κ3) is 1.69. The number of thioether (sulfide) groups is 1. The number of carbonyl (C=O) groups is 2. The molecule has 92 valence electrons. The molecule has 0 radical (unpaired) electrons. The van der Waals surface area contributed by atoms with Crippen LogP contribution in [0.3, 0.4) is 0 Å². The molecule has 3 heterocycles. The average Bonchev–Trinajstić information content (AvgIpc) is 2.37. The molecule has 2 atom stereocenters. The van der Waals surface area contributed by atoms with Crippen LogP contribution in [0, 0.1) is 0 Å². The van der Waals surface area contributed by atoms with Crippen molar-refractivity contribution in [1.82, 2.24) is 4.90 Å². The number of rotatable bonds is 2. The van der Waals surface area contributed by atoms with Crippen LogP contribution in [0.1, 0.15) is 11.8 Å². The number of aromatic nitrogens is 1. The molecule has 0 aliphatic carbocycles. The van der Waals surface area contributed by atoms with Crippen LogP contribution in [0.2, 0.25) is 0 Å². The van der Waals surface area contributed by atoms with Crippen molar-refractivity contribution in [3.05, 3.63) is 42.4 Å². The van der Waals surface area contributed by atoms with Gasteiger partial charge in [0.15, 0.2) is 12.4 Å². The Labute approximate surface area is 108 Å². The van der Waals surface area contributed by atoms with Gasteiger partial charge in [0.25, 0.3) is 0 Å². The number of carboxylic acids is 1. The van der Waals surface area contributed by atoms with E-state index in [1.165, 1.54) is 4.90 Å². The monoisotopic (exact) mass is 262 g/mol. The van der Waals surface area contributed by atoms with Crippen molar-refractivity contribution in [3.8, 4) is 0 Å². The van der Waals surface area contributed by atoms with Crippen LogP contribution in [0.5, 0.6) is 0 Å². The van der Waals surface area contributed by atoms with Gasteiger partial charge in [0.1, 0.15) is 0 Å². The van der Waals surface area contributed by atoms with E-state index in [1.54, 1.807) is 17.8 Å². The molecule has 3 rings (SSSR count). The van der Waals surface area contributed by atoms with Crippen molar-refractivity contribution in [2.75, 3.05) is 0 Å². The van der Waals surface area contributed by atoms with Crippen molar-refractivity contribution in [2.24, 2.45) is 0 Å². The van der Waals surface area contributed by atoms with Crippen molar-refractivity contribution < 1.29 is 19.3 Å². The number of nitrogens with zero attached hydrogens (tertiary/aromatic N) is 2. The smallest absolute Gasteiger partial charge is 0.230 e. The summed E-state index contributed by atoms with van der Waals surface area (Å²) < 4.78 is 1.91. The summed E-state index contributed by atoms with van der Waals surface area (Å²) in [5.74, 6) is -1.45. The van der Waals surface area contributed by atoms with Crippen LogP contribution in [0.4, 0.5) is 0 Å². The second-order valence-corrected chi connectivity index (χ2v) is 5.41. The Bertz CT molecular complexity index is 544. The molecule has 1 fully saturated rings. The number of pyridine rings is 1. The van der Waals surface area contributed by atoms with E-state index in [2.05, 4.69) is 0 Å². The number of aliphatic carboxylic acids is 1. The van der Waals surface area contributed by atoms with E-state index in [9.17, 15) is 14.7 Å². The van der Waals surface area contributed by atoms with Gasteiger partial charge in [-0.3, -0.25) is 9.69 Å². The maximum atomic E-state index is 11.4. The maximum absolute atomic E-state index is 11.4. The Hall–Kier alpha value is -1.82. The summed E-state index contributed by atoms with van der Waals surface area (Å²) in [6.45, 7) is 0. The summed E-state index contributed by atoms with van der Waals surface area (Å²) in [6.07, 6.45) is 5.70. The Kier molecular flexibility index (Phi) is 2.59. The number of carboxylic acid groups (broad SMARTS) is 1. The van der Waals surface area contributed by atoms with E-state index in [0.717, 1.165) is 0 Å². The number of β-lactam (4-membered cyclic amide) rings is 1. The molecule has 1 amide bonds. The van der Waals surface area contributed by atoms with Gasteiger partial charge in [0, 0.05) is 18.2 Å². The molecule has 1 aromatic rings. The predicted molar refractivity (Wildman–Crippen MR) is 61.6 cm³/mol. The Morgan fingerprint density at radius 1 is 1.39 bits per heavy atom. The molecule has 5 nitrogen and oxygen atoms in total. The molecule has 2 aliphatic heterocycles. The van der Waals surface area contributed by atoms with Crippen molar-refractivity contribution >= 4 is 23.6 Å². The molecule has 1 aromatic heterocycles. The Balaban J connectivity index is 1.97. The van der Waals surface area contributed by atoms with Gasteiger partial charge in [-0.15, -0.1) is 0 Å². The summed E-state index contributed by atoms with van der Waals surface area (Å²) in [5, 5.41) is 10.9. The van der Waals surface area contributed by atoms with Crippen LogP contribution in [-0.4, -0.2) is 22.2 Å². The fourth-order valence-electron chi connectivity index (χ4n) is 2.11. The Morgan fingerprint density at radius 3 is 2.72 bits per heavy atom. The maximum Gasteiger partial charge on any atom is 0.230 e. The zero-order valence-electron chi connectivity index (χ0n) is 9.35. The normalized spacial score (nSPS) is 26.1. The summed E-state index contributed by atoms with van der Waals surface area (Å²) in [4.78, 5) is 23.8. The third-order valence-electron chi connectivity index (χ3n) is 3.00. The molecular weight excluding hydrogens is 252 g/mol. The topological polar surface area (TPSA) is 64.3 Å². The summed E-state index contributed by atoms with van der Waals surface area (Å²) in [6, 6.07) is 5.66. The SMILES string of the molecule is O=C([O-])C1=CC([n+]2ccccc2)S[C@@H]2CC(=O)N12. The minimum atomic E-state index is -1.30. The molecule has 0 N–H and O–H groups in total. The summed E-state index contributed by atoms with van der Waals surface area (Å²) in [5.41, 5.74) is -0.0173. The van der Waals surface area contributed by atoms with E-state index in [0.29, 0.717) is 6.42 Å². The quantitative estimate of drug-likeness (QED) is 0.528. The summed E-state index contributed by atoms with van der Waals surface area (Å²) in [7, 11) is 0. The second kappa shape index (κ2) is 4.13. The lowest BCUT2D eigenvalue weighted by atomic mass is 10.1. The predicted octanol–water partition coefficient (Wildman–Crippen LogP) is -0.588. The second-order valence-electron chi connectivity index (χ2n) is 4.11. The van der Waals surface area contributed by atoms with Gasteiger partial charge in [-0.1, -0.05) is 17.8 Å². The third-order valence-corrected chi connectivity index (χ3v) is 4.35. The molecule has 18 heavy (non-hydrogen) atoms. The fraction of sp³-hybridized carbons (Fsp3) is 0.250. The largest absolute Gasteiger partial charge is 0.543 e. The molecule has 0 bridgehead atoms. The van der Waals surface area contributed by atoms with E-state index >= 15 is 0 Å². The van der Waals surface area contributed by atoms with Gasteiger partial charge in [0.05, 0.1) is 23.5 Å². The van der Waals surface area contributed by atoms with Gasteiger partial charge in [-0.05, 0) is 0 Å². The number of fused-ring (bicyclic) bond motifs is 1. The highest BCUT2D eigenvalue weighted by atomic mass is 32.2. The molecule has 0 aromatic carbocycles. The van der Waals surface area contributed by atoms with E-state index < -0.39 is 5.97 Å². The number of amides is 1. The molecule has 1 unspecified atom stereocenters. The van der Waals surface area contributed by atoms with E-state index in [-0.39, 0.29) is 22.4 Å². The van der Waals surface area contributed by atoms with Crippen molar-refractivity contribution in [1.29, 1.82) is 0 Å². The fourth-order valence-corrected chi connectivity index (χ4v) is 3.51. The van der Waals surface area contributed by atoms with E-state index in [4.69, 9.17) is 0 Å². The van der Waals surface area contributed by atoms with Crippen LogP contribution >= 0.6 is 11.8 Å². The van der Waals surface area contributed by atoms with Gasteiger partial charge in [0.2, 0.25) is 11.3 Å². The Morgan fingerprint density at radius 2 is 2.11 bits per heavy atom. The highest BCUT2D eigenvalue weighted by Crippen LogP contribution is 2.42. The molecule has 6 heteroatoms. The molecule has 0 spiro atoms. The first kappa shape index (κ1) is 11.3. The lowest BCUT2D eigenvalue weighted by Gasteiger charge is -2.44. The minimum Gasteiger partial charge on any atom is -0.543 e. The average molecular weight is 262 g/mol. The lowest BCUT2D eigenvalue weighted by Crippen LogP contribution is -2.57. The van der Waals surface area contributed by atoms with Crippen LogP contribution in [0.25, 0.3) is 0 Å². The van der Waals surface area contributed by atoms with E-state index in [1.807, 2.05) is 35.2 Å². The number of carbonyl (C=O) groups excluding carboxylic acids is 2. The van der Waals surface area contributed by atoms with Crippen LogP contribution in [-0.2, 0) is 9.59 Å². The van der Waals surface area contributed by atoms with Crippen molar-refractivity contribution in [3.63, 3.8) is 0 Å². The minimum absolute atomic E-state index is 0.0173. The van der Waals surface area contributed by atoms with Crippen LogP contribution < -0.4 is 9.67 Å². The molecule has 1 saturated heterocycles. The molecule has 2 aliphatic rings. The first-order chi connectivity index (χ1) is 8.66. The first-order valence-corrected chi connectivity index (χ1v) is 6.47. The van der Waals surface area contributed by atoms with Gasteiger partial charge >= 0.3 is 0 Å². The molecule has 0 saturated carbocycles. The zero-order chi connectivity index (χ0) is 12.7. The van der Waals surface area contributed by atoms with Gasteiger partial charge < -0.3 is 9.90 Å². The van der Waals surface area contributed by atoms with Crippen molar-refractivity contribution in [2.45, 2.75) is 17.2 Å². The first-order valence-electron chi connectivity index (χ1n) is 5.53. The highest BCUT2D eigenvalue weighted by molar-refractivity contribution is 8.00.